The van der Waals surface area contributed by atoms with Crippen LogP contribution in [0.15, 0.2) is 57.6 Å². The van der Waals surface area contributed by atoms with E-state index in [4.69, 9.17) is 13.6 Å². The summed E-state index contributed by atoms with van der Waals surface area (Å²) < 4.78 is 16.5. The fourth-order valence-corrected chi connectivity index (χ4v) is 4.12. The molecule has 1 aliphatic heterocycles. The standard InChI is InChI=1S/C24H29N3O4/c1-17-15-21(18(2)31-17)24(28)25-16-22(23-5-4-14-30-23)27-12-10-26(11-13-27)19-6-8-20(29-3)9-7-19/h4-9,14-15,22H,10-13,16H2,1-3H3,(H,25,28). The van der Waals surface area contributed by atoms with Crippen molar-refractivity contribution < 1.29 is 18.4 Å². The van der Waals surface area contributed by atoms with Gasteiger partial charge < -0.3 is 23.8 Å². The number of piperazine rings is 1. The molecule has 3 aromatic rings. The van der Waals surface area contributed by atoms with Crippen molar-refractivity contribution in [3.63, 3.8) is 0 Å². The van der Waals surface area contributed by atoms with Gasteiger partial charge >= 0.3 is 0 Å². The summed E-state index contributed by atoms with van der Waals surface area (Å²) in [6.07, 6.45) is 1.68. The Bertz CT molecular complexity index is 987. The predicted octanol–water partition coefficient (Wildman–Crippen LogP) is 3.79. The van der Waals surface area contributed by atoms with E-state index in [0.29, 0.717) is 17.9 Å². The van der Waals surface area contributed by atoms with Crippen molar-refractivity contribution in [2.45, 2.75) is 19.9 Å². The normalized spacial score (nSPS) is 15.6. The number of carbonyl (C=O) groups is 1. The van der Waals surface area contributed by atoms with E-state index in [-0.39, 0.29) is 11.9 Å². The van der Waals surface area contributed by atoms with E-state index >= 15 is 0 Å². The number of nitrogens with one attached hydrogen (secondary N) is 1. The minimum atomic E-state index is -0.122. The largest absolute Gasteiger partial charge is 0.497 e. The molecule has 0 saturated carbocycles. The molecular formula is C24H29N3O4. The highest BCUT2D eigenvalue weighted by Crippen LogP contribution is 2.26. The van der Waals surface area contributed by atoms with E-state index in [9.17, 15) is 4.79 Å². The zero-order valence-electron chi connectivity index (χ0n) is 18.3. The quantitative estimate of drug-likeness (QED) is 0.623. The second-order valence-electron chi connectivity index (χ2n) is 7.79. The van der Waals surface area contributed by atoms with Crippen LogP contribution in [0.3, 0.4) is 0 Å². The van der Waals surface area contributed by atoms with E-state index in [2.05, 4.69) is 27.2 Å². The summed E-state index contributed by atoms with van der Waals surface area (Å²) in [5.74, 6) is 2.97. The number of rotatable bonds is 7. The van der Waals surface area contributed by atoms with Gasteiger partial charge in [-0.1, -0.05) is 0 Å². The van der Waals surface area contributed by atoms with Gasteiger partial charge in [-0.25, -0.2) is 0 Å². The summed E-state index contributed by atoms with van der Waals surface area (Å²) in [4.78, 5) is 17.4. The molecule has 1 N–H and O–H groups in total. The molecule has 1 unspecified atom stereocenters. The van der Waals surface area contributed by atoms with Crippen LogP contribution in [0.5, 0.6) is 5.75 Å². The second kappa shape index (κ2) is 9.31. The first-order valence-corrected chi connectivity index (χ1v) is 10.6. The van der Waals surface area contributed by atoms with Gasteiger partial charge in [-0.05, 0) is 56.3 Å². The Morgan fingerprint density at radius 3 is 2.45 bits per heavy atom. The molecule has 1 aromatic carbocycles. The van der Waals surface area contributed by atoms with Gasteiger partial charge in [0.1, 0.15) is 23.0 Å². The second-order valence-corrected chi connectivity index (χ2v) is 7.79. The molecule has 1 amide bonds. The highest BCUT2D eigenvalue weighted by Gasteiger charge is 2.28. The fourth-order valence-electron chi connectivity index (χ4n) is 4.12. The van der Waals surface area contributed by atoms with Crippen molar-refractivity contribution in [1.29, 1.82) is 0 Å². The van der Waals surface area contributed by atoms with Crippen LogP contribution < -0.4 is 15.0 Å². The number of carbonyl (C=O) groups excluding carboxylic acids is 1. The lowest BCUT2D eigenvalue weighted by molar-refractivity contribution is 0.0921. The van der Waals surface area contributed by atoms with Crippen LogP contribution in [0.4, 0.5) is 5.69 Å². The lowest BCUT2D eigenvalue weighted by Crippen LogP contribution is -2.49. The molecule has 0 spiro atoms. The predicted molar refractivity (Wildman–Crippen MR) is 119 cm³/mol. The maximum absolute atomic E-state index is 12.7. The first kappa shape index (κ1) is 21.1. The lowest BCUT2D eigenvalue weighted by atomic mass is 10.1. The fraction of sp³-hybridized carbons (Fsp3) is 0.375. The summed E-state index contributed by atoms with van der Waals surface area (Å²) >= 11 is 0. The molecule has 7 nitrogen and oxygen atoms in total. The topological polar surface area (TPSA) is 71.1 Å². The third-order valence-electron chi connectivity index (χ3n) is 5.81. The molecule has 164 valence electrons. The number of nitrogens with zero attached hydrogens (tertiary/aromatic N) is 2. The average Bonchev–Trinajstić information content (AvgIpc) is 3.44. The molecule has 31 heavy (non-hydrogen) atoms. The van der Waals surface area contributed by atoms with Crippen molar-refractivity contribution >= 4 is 11.6 Å². The molecule has 0 aliphatic carbocycles. The number of furan rings is 2. The van der Waals surface area contributed by atoms with Crippen molar-refractivity contribution in [1.82, 2.24) is 10.2 Å². The zero-order valence-corrected chi connectivity index (χ0v) is 18.3. The Kier molecular flexibility index (Phi) is 6.32. The van der Waals surface area contributed by atoms with Gasteiger partial charge in [-0.3, -0.25) is 9.69 Å². The molecule has 0 radical (unpaired) electrons. The SMILES string of the molecule is COc1ccc(N2CCN(C(CNC(=O)c3cc(C)oc3C)c3ccco3)CC2)cc1. The minimum Gasteiger partial charge on any atom is -0.497 e. The zero-order chi connectivity index (χ0) is 21.8. The van der Waals surface area contributed by atoms with Crippen LogP contribution in [0.1, 0.15) is 33.7 Å². The van der Waals surface area contributed by atoms with E-state index in [0.717, 1.165) is 43.4 Å². The van der Waals surface area contributed by atoms with Crippen LogP contribution in [-0.4, -0.2) is 50.6 Å². The van der Waals surface area contributed by atoms with Gasteiger partial charge in [-0.2, -0.15) is 0 Å². The number of hydrogen-bond acceptors (Lipinski definition) is 6. The summed E-state index contributed by atoms with van der Waals surface area (Å²) in [6.45, 7) is 7.67. The molecule has 2 aromatic heterocycles. The van der Waals surface area contributed by atoms with E-state index in [1.165, 1.54) is 5.69 Å². The molecular weight excluding hydrogens is 394 g/mol. The average molecular weight is 424 g/mol. The Hall–Kier alpha value is -3.19. The summed E-state index contributed by atoms with van der Waals surface area (Å²) in [7, 11) is 1.68. The number of hydrogen-bond donors (Lipinski definition) is 1. The molecule has 1 fully saturated rings. The third-order valence-corrected chi connectivity index (χ3v) is 5.81. The van der Waals surface area contributed by atoms with Crippen LogP contribution in [0.25, 0.3) is 0 Å². The smallest absolute Gasteiger partial charge is 0.254 e. The van der Waals surface area contributed by atoms with Gasteiger partial charge in [0, 0.05) is 38.4 Å². The molecule has 7 heteroatoms. The Balaban J connectivity index is 1.40. The number of amides is 1. The minimum absolute atomic E-state index is 0.0229. The van der Waals surface area contributed by atoms with E-state index < -0.39 is 0 Å². The van der Waals surface area contributed by atoms with Crippen molar-refractivity contribution in [2.24, 2.45) is 0 Å². The lowest BCUT2D eigenvalue weighted by Gasteiger charge is -2.39. The maximum atomic E-state index is 12.7. The molecule has 4 rings (SSSR count). The number of aryl methyl sites for hydroxylation is 2. The van der Waals surface area contributed by atoms with Gasteiger partial charge in [0.15, 0.2) is 0 Å². The molecule has 1 atom stereocenters. The Morgan fingerprint density at radius 2 is 1.87 bits per heavy atom. The molecule has 0 bridgehead atoms. The van der Waals surface area contributed by atoms with E-state index in [1.807, 2.05) is 38.1 Å². The molecule has 3 heterocycles. The number of benzene rings is 1. The summed E-state index contributed by atoms with van der Waals surface area (Å²) in [5.41, 5.74) is 1.77. The number of anilines is 1. The maximum Gasteiger partial charge on any atom is 0.254 e. The molecule has 1 aliphatic rings. The van der Waals surface area contributed by atoms with Crippen LogP contribution in [0.2, 0.25) is 0 Å². The first-order chi connectivity index (χ1) is 15.0. The van der Waals surface area contributed by atoms with Crippen molar-refractivity contribution in [3.05, 3.63) is 71.6 Å². The van der Waals surface area contributed by atoms with Gasteiger partial charge in [0.25, 0.3) is 5.91 Å². The number of methoxy groups -OCH3 is 1. The summed E-state index contributed by atoms with van der Waals surface area (Å²) in [6, 6.07) is 13.8. The van der Waals surface area contributed by atoms with Gasteiger partial charge in [-0.15, -0.1) is 0 Å². The van der Waals surface area contributed by atoms with Crippen LogP contribution in [-0.2, 0) is 0 Å². The van der Waals surface area contributed by atoms with Crippen molar-refractivity contribution in [3.8, 4) is 5.75 Å². The first-order valence-electron chi connectivity index (χ1n) is 10.6. The Morgan fingerprint density at radius 1 is 1.13 bits per heavy atom. The summed E-state index contributed by atoms with van der Waals surface area (Å²) in [5, 5.41) is 3.07. The Labute approximate surface area is 182 Å². The van der Waals surface area contributed by atoms with Crippen molar-refractivity contribution in [2.75, 3.05) is 44.7 Å². The molecule has 1 saturated heterocycles. The monoisotopic (exact) mass is 423 g/mol. The van der Waals surface area contributed by atoms with E-state index in [1.54, 1.807) is 19.4 Å². The highest BCUT2D eigenvalue weighted by atomic mass is 16.5. The van der Waals surface area contributed by atoms with Crippen LogP contribution in [0, 0.1) is 13.8 Å². The van der Waals surface area contributed by atoms with Gasteiger partial charge in [0.05, 0.1) is 25.0 Å². The third kappa shape index (κ3) is 4.77. The van der Waals surface area contributed by atoms with Gasteiger partial charge in [0.2, 0.25) is 0 Å². The number of ether oxygens (including phenoxy) is 1. The highest BCUT2D eigenvalue weighted by molar-refractivity contribution is 5.95. The van der Waals surface area contributed by atoms with Crippen LogP contribution >= 0.6 is 0 Å².